The first-order valence-electron chi connectivity index (χ1n) is 9.17. The molecule has 2 amide bonds. The molecule has 3 heterocycles. The molecule has 4 rings (SSSR count). The largest absolute Gasteiger partial charge is 0.337 e. The van der Waals surface area contributed by atoms with Crippen LogP contribution >= 0.6 is 0 Å². The summed E-state index contributed by atoms with van der Waals surface area (Å²) in [7, 11) is 1.69. The first kappa shape index (κ1) is 17.9. The number of aromatic nitrogens is 5. The van der Waals surface area contributed by atoms with E-state index in [0.29, 0.717) is 31.0 Å². The highest BCUT2D eigenvalue weighted by molar-refractivity contribution is 6.00. The van der Waals surface area contributed by atoms with E-state index < -0.39 is 11.9 Å². The number of carbonyl (C=O) groups excluding carboxylic acids is 2. The second-order valence-electron chi connectivity index (χ2n) is 6.75. The van der Waals surface area contributed by atoms with Crippen molar-refractivity contribution in [3.63, 3.8) is 0 Å². The summed E-state index contributed by atoms with van der Waals surface area (Å²) in [5, 5.41) is 13.8. The SMILES string of the molecule is CN1C(=O)C(NC(=O)c2n[nH]c(Cc3ccccc3)n2)CCCn2nccc21. The summed E-state index contributed by atoms with van der Waals surface area (Å²) in [6.45, 7) is 0.689. The number of anilines is 1. The Hall–Kier alpha value is -3.49. The molecule has 144 valence electrons. The van der Waals surface area contributed by atoms with Gasteiger partial charge in [-0.25, -0.2) is 9.67 Å². The number of nitrogens with zero attached hydrogens (tertiary/aromatic N) is 5. The number of aromatic amines is 1. The zero-order valence-electron chi connectivity index (χ0n) is 15.5. The van der Waals surface area contributed by atoms with Gasteiger partial charge in [-0.2, -0.15) is 5.10 Å². The van der Waals surface area contributed by atoms with Crippen LogP contribution in [0, 0.1) is 0 Å². The predicted molar refractivity (Wildman–Crippen MR) is 102 cm³/mol. The van der Waals surface area contributed by atoms with Gasteiger partial charge in [0.2, 0.25) is 11.7 Å². The molecule has 1 atom stereocenters. The topological polar surface area (TPSA) is 109 Å². The second-order valence-corrected chi connectivity index (χ2v) is 6.75. The van der Waals surface area contributed by atoms with Crippen molar-refractivity contribution in [2.75, 3.05) is 11.9 Å². The number of hydrogen-bond acceptors (Lipinski definition) is 5. The lowest BCUT2D eigenvalue weighted by Crippen LogP contribution is -2.49. The minimum atomic E-state index is -0.628. The normalized spacial score (nSPS) is 17.0. The molecule has 1 aliphatic heterocycles. The van der Waals surface area contributed by atoms with Crippen LogP contribution in [0.3, 0.4) is 0 Å². The van der Waals surface area contributed by atoms with Crippen LogP contribution < -0.4 is 10.2 Å². The number of likely N-dealkylation sites (N-methyl/N-ethyl adjacent to an activating group) is 1. The van der Waals surface area contributed by atoms with E-state index in [1.165, 1.54) is 4.90 Å². The van der Waals surface area contributed by atoms with Gasteiger partial charge in [0, 0.05) is 26.1 Å². The number of aryl methyl sites for hydroxylation is 1. The van der Waals surface area contributed by atoms with Crippen LogP contribution in [-0.2, 0) is 17.8 Å². The minimum absolute atomic E-state index is 0.0356. The summed E-state index contributed by atoms with van der Waals surface area (Å²) in [4.78, 5) is 31.2. The second kappa shape index (κ2) is 7.63. The van der Waals surface area contributed by atoms with E-state index >= 15 is 0 Å². The Kier molecular flexibility index (Phi) is 4.88. The number of rotatable bonds is 4. The van der Waals surface area contributed by atoms with E-state index in [1.807, 2.05) is 30.3 Å². The first-order chi connectivity index (χ1) is 13.6. The monoisotopic (exact) mass is 379 g/mol. The molecule has 9 heteroatoms. The number of carbonyl (C=O) groups is 2. The van der Waals surface area contributed by atoms with Gasteiger partial charge >= 0.3 is 0 Å². The van der Waals surface area contributed by atoms with Gasteiger partial charge in [0.25, 0.3) is 5.91 Å². The molecule has 0 saturated heterocycles. The van der Waals surface area contributed by atoms with Crippen molar-refractivity contribution >= 4 is 17.6 Å². The van der Waals surface area contributed by atoms with Gasteiger partial charge in [0.15, 0.2) is 0 Å². The summed E-state index contributed by atoms with van der Waals surface area (Å²) in [5.41, 5.74) is 1.07. The zero-order valence-corrected chi connectivity index (χ0v) is 15.5. The van der Waals surface area contributed by atoms with Crippen molar-refractivity contribution in [3.05, 3.63) is 59.8 Å². The third-order valence-corrected chi connectivity index (χ3v) is 4.78. The lowest BCUT2D eigenvalue weighted by atomic mass is 10.1. The first-order valence-corrected chi connectivity index (χ1v) is 9.17. The highest BCUT2D eigenvalue weighted by atomic mass is 16.2. The van der Waals surface area contributed by atoms with Crippen molar-refractivity contribution < 1.29 is 9.59 Å². The summed E-state index contributed by atoms with van der Waals surface area (Å²) in [6, 6.07) is 11.0. The average molecular weight is 379 g/mol. The van der Waals surface area contributed by atoms with E-state index in [1.54, 1.807) is 24.0 Å². The van der Waals surface area contributed by atoms with Crippen molar-refractivity contribution in [2.45, 2.75) is 31.8 Å². The summed E-state index contributed by atoms with van der Waals surface area (Å²) < 4.78 is 1.79. The number of benzene rings is 1. The lowest BCUT2D eigenvalue weighted by Gasteiger charge is -2.27. The molecule has 2 N–H and O–H groups in total. The Balaban J connectivity index is 1.44. The Morgan fingerprint density at radius 3 is 2.93 bits per heavy atom. The van der Waals surface area contributed by atoms with Crippen molar-refractivity contribution in [3.8, 4) is 0 Å². The van der Waals surface area contributed by atoms with Crippen LogP contribution in [0.1, 0.15) is 34.8 Å². The van der Waals surface area contributed by atoms with E-state index in [-0.39, 0.29) is 11.7 Å². The van der Waals surface area contributed by atoms with Gasteiger partial charge in [0.1, 0.15) is 17.7 Å². The fourth-order valence-corrected chi connectivity index (χ4v) is 3.32. The third kappa shape index (κ3) is 3.64. The maximum Gasteiger partial charge on any atom is 0.291 e. The molecule has 28 heavy (non-hydrogen) atoms. The van der Waals surface area contributed by atoms with Crippen LogP contribution in [0.15, 0.2) is 42.6 Å². The number of nitrogens with one attached hydrogen (secondary N) is 2. The predicted octanol–water partition coefficient (Wildman–Crippen LogP) is 1.15. The molecule has 2 aromatic heterocycles. The Labute approximate surface area is 161 Å². The summed E-state index contributed by atoms with van der Waals surface area (Å²) >= 11 is 0. The number of fused-ring (bicyclic) bond motifs is 1. The quantitative estimate of drug-likeness (QED) is 0.707. The molecule has 1 aliphatic rings. The Morgan fingerprint density at radius 1 is 1.29 bits per heavy atom. The van der Waals surface area contributed by atoms with Crippen molar-refractivity contribution in [1.82, 2.24) is 30.3 Å². The maximum absolute atomic E-state index is 12.8. The van der Waals surface area contributed by atoms with Gasteiger partial charge in [-0.15, -0.1) is 5.10 Å². The molecule has 1 aromatic carbocycles. The molecule has 0 saturated carbocycles. The van der Waals surface area contributed by atoms with E-state index in [9.17, 15) is 9.59 Å². The zero-order chi connectivity index (χ0) is 19.5. The molecule has 0 bridgehead atoms. The van der Waals surface area contributed by atoms with Crippen molar-refractivity contribution in [2.24, 2.45) is 0 Å². The van der Waals surface area contributed by atoms with Crippen LogP contribution in [0.5, 0.6) is 0 Å². The Bertz CT molecular complexity index is 979. The highest BCUT2D eigenvalue weighted by Gasteiger charge is 2.29. The fourth-order valence-electron chi connectivity index (χ4n) is 3.32. The van der Waals surface area contributed by atoms with Gasteiger partial charge in [-0.1, -0.05) is 30.3 Å². The van der Waals surface area contributed by atoms with Gasteiger partial charge in [-0.05, 0) is 18.4 Å². The molecular weight excluding hydrogens is 358 g/mol. The smallest absolute Gasteiger partial charge is 0.291 e. The fraction of sp³-hybridized carbons (Fsp3) is 0.316. The summed E-state index contributed by atoms with van der Waals surface area (Å²) in [5.74, 6) is 0.702. The molecule has 1 unspecified atom stereocenters. The van der Waals surface area contributed by atoms with Crippen LogP contribution in [-0.4, -0.2) is 49.9 Å². The summed E-state index contributed by atoms with van der Waals surface area (Å²) in [6.07, 6.45) is 3.47. The van der Waals surface area contributed by atoms with E-state index in [4.69, 9.17) is 0 Å². The average Bonchev–Trinajstić information content (AvgIpc) is 3.35. The lowest BCUT2D eigenvalue weighted by molar-refractivity contribution is -0.120. The highest BCUT2D eigenvalue weighted by Crippen LogP contribution is 2.18. The third-order valence-electron chi connectivity index (χ3n) is 4.78. The molecular formula is C19H21N7O2. The number of H-pyrrole nitrogens is 1. The van der Waals surface area contributed by atoms with Crippen LogP contribution in [0.25, 0.3) is 0 Å². The van der Waals surface area contributed by atoms with E-state index in [0.717, 1.165) is 12.0 Å². The number of amides is 2. The Morgan fingerprint density at radius 2 is 2.11 bits per heavy atom. The molecule has 0 spiro atoms. The van der Waals surface area contributed by atoms with Gasteiger partial charge in [0.05, 0.1) is 6.20 Å². The maximum atomic E-state index is 12.8. The van der Waals surface area contributed by atoms with Crippen LogP contribution in [0.4, 0.5) is 5.82 Å². The molecule has 9 nitrogen and oxygen atoms in total. The molecule has 0 fully saturated rings. The standard InChI is InChI=1S/C19H21N7O2/c1-25-16-9-10-20-26(16)11-5-8-14(19(25)28)21-18(27)17-22-15(23-24-17)12-13-6-3-2-4-7-13/h2-4,6-7,9-10,14H,5,8,11-12H2,1H3,(H,21,27)(H,22,23,24). The number of hydrogen-bond donors (Lipinski definition) is 2. The molecule has 0 aliphatic carbocycles. The molecule has 0 radical (unpaired) electrons. The van der Waals surface area contributed by atoms with Gasteiger partial charge in [-0.3, -0.25) is 19.6 Å². The van der Waals surface area contributed by atoms with Gasteiger partial charge < -0.3 is 5.32 Å². The minimum Gasteiger partial charge on any atom is -0.337 e. The van der Waals surface area contributed by atoms with Crippen LogP contribution in [0.2, 0.25) is 0 Å². The van der Waals surface area contributed by atoms with E-state index in [2.05, 4.69) is 25.6 Å². The van der Waals surface area contributed by atoms with Crippen molar-refractivity contribution in [1.29, 1.82) is 0 Å². The molecule has 3 aromatic rings.